The molecular formula is C22H22Cl2N2O4S2. The number of pyridine rings is 1. The molecule has 1 N–H and O–H groups in total. The van der Waals surface area contributed by atoms with Crippen molar-refractivity contribution >= 4 is 43.1 Å². The van der Waals surface area contributed by atoms with Gasteiger partial charge in [0.2, 0.25) is 19.9 Å². The average Bonchev–Trinajstić information content (AvgIpc) is 2.73. The predicted molar refractivity (Wildman–Crippen MR) is 126 cm³/mol. The van der Waals surface area contributed by atoms with Crippen LogP contribution < -0.4 is 4.72 Å². The molecule has 0 saturated carbocycles. The molecule has 0 radical (unpaired) electrons. The van der Waals surface area contributed by atoms with E-state index in [2.05, 4.69) is 9.71 Å². The molecule has 1 aromatic heterocycles. The topological polar surface area (TPSA) is 93.2 Å². The molecule has 0 amide bonds. The molecule has 0 saturated heterocycles. The van der Waals surface area contributed by atoms with E-state index in [0.717, 1.165) is 5.69 Å². The number of rotatable bonds is 8. The number of halogens is 2. The number of hydrogen-bond donors (Lipinski definition) is 1. The van der Waals surface area contributed by atoms with Crippen LogP contribution in [0, 0.1) is 0 Å². The highest BCUT2D eigenvalue weighted by Gasteiger charge is 2.25. The molecule has 3 aromatic rings. The van der Waals surface area contributed by atoms with Crippen molar-refractivity contribution in [2.75, 3.05) is 6.54 Å². The Bertz CT molecular complexity index is 1310. The van der Waals surface area contributed by atoms with Gasteiger partial charge in [0.25, 0.3) is 0 Å². The highest BCUT2D eigenvalue weighted by atomic mass is 35.5. The van der Waals surface area contributed by atoms with E-state index in [1.807, 2.05) is 19.9 Å². The Kier molecular flexibility index (Phi) is 7.62. The zero-order valence-electron chi connectivity index (χ0n) is 17.4. The third-order valence-electron chi connectivity index (χ3n) is 4.75. The molecular weight excluding hydrogens is 491 g/mol. The van der Waals surface area contributed by atoms with E-state index in [1.54, 1.807) is 18.3 Å². The number of sulfone groups is 1. The first-order valence-corrected chi connectivity index (χ1v) is 13.5. The molecule has 1 heterocycles. The standard InChI is InChI=1S/C22H22Cl2N2O4S2/c1-15(2)21-7-6-19(31(27,28)20-12-16(23)11-17(24)13-20)14-22(21)32(29,30)26-10-8-18-5-3-4-9-25-18/h3-7,9,11-15,26H,8,10H2,1-2H3. The molecule has 0 fully saturated rings. The van der Waals surface area contributed by atoms with Crippen LogP contribution >= 0.6 is 23.2 Å². The normalized spacial score (nSPS) is 12.3. The number of benzene rings is 2. The molecule has 0 unspecified atom stereocenters. The van der Waals surface area contributed by atoms with Gasteiger partial charge in [-0.05, 0) is 53.9 Å². The Morgan fingerprint density at radius 2 is 1.59 bits per heavy atom. The first kappa shape index (κ1) is 24.7. The van der Waals surface area contributed by atoms with E-state index >= 15 is 0 Å². The second-order valence-electron chi connectivity index (χ2n) is 7.43. The van der Waals surface area contributed by atoms with Crippen molar-refractivity contribution in [3.8, 4) is 0 Å². The van der Waals surface area contributed by atoms with Gasteiger partial charge in [0.05, 0.1) is 14.7 Å². The highest BCUT2D eigenvalue weighted by molar-refractivity contribution is 7.91. The first-order valence-electron chi connectivity index (χ1n) is 9.75. The molecule has 3 rings (SSSR count). The summed E-state index contributed by atoms with van der Waals surface area (Å²) >= 11 is 11.9. The largest absolute Gasteiger partial charge is 0.261 e. The zero-order valence-corrected chi connectivity index (χ0v) is 20.6. The van der Waals surface area contributed by atoms with Crippen LogP contribution in [0.15, 0.2) is 75.5 Å². The van der Waals surface area contributed by atoms with Gasteiger partial charge >= 0.3 is 0 Å². The minimum Gasteiger partial charge on any atom is -0.261 e. The molecule has 0 aliphatic rings. The lowest BCUT2D eigenvalue weighted by Crippen LogP contribution is -2.27. The van der Waals surface area contributed by atoms with Gasteiger partial charge < -0.3 is 0 Å². The van der Waals surface area contributed by atoms with E-state index in [0.29, 0.717) is 12.0 Å². The van der Waals surface area contributed by atoms with Gasteiger partial charge in [0.1, 0.15) is 0 Å². The maximum absolute atomic E-state index is 13.2. The summed E-state index contributed by atoms with van der Waals surface area (Å²) in [6.07, 6.45) is 2.03. The van der Waals surface area contributed by atoms with Crippen LogP contribution in [0.25, 0.3) is 0 Å². The average molecular weight is 513 g/mol. The summed E-state index contributed by atoms with van der Waals surface area (Å²) in [5.41, 5.74) is 1.26. The van der Waals surface area contributed by atoms with Crippen molar-refractivity contribution in [1.29, 1.82) is 0 Å². The maximum atomic E-state index is 13.2. The molecule has 0 aliphatic heterocycles. The highest BCUT2D eigenvalue weighted by Crippen LogP contribution is 2.31. The molecule has 0 aliphatic carbocycles. The van der Waals surface area contributed by atoms with Gasteiger partial charge in [-0.2, -0.15) is 0 Å². The van der Waals surface area contributed by atoms with Crippen molar-refractivity contribution in [3.63, 3.8) is 0 Å². The summed E-state index contributed by atoms with van der Waals surface area (Å²) in [6, 6.07) is 13.5. The molecule has 2 aromatic carbocycles. The summed E-state index contributed by atoms with van der Waals surface area (Å²) in [6.45, 7) is 3.80. The third kappa shape index (κ3) is 5.68. The Morgan fingerprint density at radius 3 is 2.19 bits per heavy atom. The quantitative estimate of drug-likeness (QED) is 0.464. The van der Waals surface area contributed by atoms with E-state index in [1.165, 1.54) is 36.4 Å². The smallest absolute Gasteiger partial charge is 0.240 e. The fourth-order valence-electron chi connectivity index (χ4n) is 3.15. The second-order valence-corrected chi connectivity index (χ2v) is 12.0. The first-order chi connectivity index (χ1) is 15.0. The molecule has 10 heteroatoms. The van der Waals surface area contributed by atoms with Gasteiger partial charge in [0.15, 0.2) is 0 Å². The Morgan fingerprint density at radius 1 is 0.906 bits per heavy atom. The summed E-state index contributed by atoms with van der Waals surface area (Å²) in [5.74, 6) is -0.144. The summed E-state index contributed by atoms with van der Waals surface area (Å²) < 4.78 is 55.1. The van der Waals surface area contributed by atoms with Gasteiger partial charge in [-0.25, -0.2) is 21.6 Å². The Hall–Kier alpha value is -1.97. The van der Waals surface area contributed by atoms with Crippen molar-refractivity contribution < 1.29 is 16.8 Å². The van der Waals surface area contributed by atoms with Crippen LogP contribution in [0.2, 0.25) is 10.0 Å². The van der Waals surface area contributed by atoms with Gasteiger partial charge in [-0.15, -0.1) is 0 Å². The lowest BCUT2D eigenvalue weighted by Gasteiger charge is -2.16. The summed E-state index contributed by atoms with van der Waals surface area (Å²) in [4.78, 5) is 3.82. The number of nitrogens with zero attached hydrogens (tertiary/aromatic N) is 1. The fourth-order valence-corrected chi connectivity index (χ4v) is 6.66. The Labute approximate surface area is 198 Å². The van der Waals surface area contributed by atoms with Crippen molar-refractivity contribution in [1.82, 2.24) is 9.71 Å². The van der Waals surface area contributed by atoms with Crippen LogP contribution in [0.5, 0.6) is 0 Å². The predicted octanol–water partition coefficient (Wildman–Crippen LogP) is 4.87. The molecule has 0 bridgehead atoms. The zero-order chi connectivity index (χ0) is 23.5. The SMILES string of the molecule is CC(C)c1ccc(S(=O)(=O)c2cc(Cl)cc(Cl)c2)cc1S(=O)(=O)NCCc1ccccn1. The minimum atomic E-state index is -4.04. The van der Waals surface area contributed by atoms with Crippen LogP contribution in [0.3, 0.4) is 0 Å². The van der Waals surface area contributed by atoms with E-state index < -0.39 is 19.9 Å². The Balaban J connectivity index is 1.98. The van der Waals surface area contributed by atoms with Crippen LogP contribution in [-0.4, -0.2) is 28.4 Å². The van der Waals surface area contributed by atoms with Crippen LogP contribution in [0.1, 0.15) is 31.0 Å². The number of hydrogen-bond acceptors (Lipinski definition) is 5. The molecule has 32 heavy (non-hydrogen) atoms. The molecule has 170 valence electrons. The van der Waals surface area contributed by atoms with Crippen molar-refractivity contribution in [2.45, 2.75) is 40.9 Å². The van der Waals surface area contributed by atoms with Gasteiger partial charge in [-0.1, -0.05) is 49.2 Å². The van der Waals surface area contributed by atoms with Gasteiger partial charge in [-0.3, -0.25) is 4.98 Å². The summed E-state index contributed by atoms with van der Waals surface area (Å²) in [7, 11) is -8.03. The van der Waals surface area contributed by atoms with Crippen LogP contribution in [0.4, 0.5) is 0 Å². The third-order valence-corrected chi connectivity index (χ3v) is 8.44. The monoisotopic (exact) mass is 512 g/mol. The second kappa shape index (κ2) is 9.89. The van der Waals surface area contributed by atoms with E-state index in [-0.39, 0.29) is 37.2 Å². The van der Waals surface area contributed by atoms with Gasteiger partial charge in [0, 0.05) is 34.9 Å². The molecule has 0 spiro atoms. The number of sulfonamides is 1. The van der Waals surface area contributed by atoms with Crippen LogP contribution in [-0.2, 0) is 26.3 Å². The molecule has 0 atom stereocenters. The number of aromatic nitrogens is 1. The maximum Gasteiger partial charge on any atom is 0.240 e. The molecule has 6 nitrogen and oxygen atoms in total. The van der Waals surface area contributed by atoms with E-state index in [9.17, 15) is 16.8 Å². The minimum absolute atomic E-state index is 0.0808. The lowest BCUT2D eigenvalue weighted by atomic mass is 10.0. The lowest BCUT2D eigenvalue weighted by molar-refractivity contribution is 0.578. The fraction of sp³-hybridized carbons (Fsp3) is 0.227. The van der Waals surface area contributed by atoms with Crippen molar-refractivity contribution in [3.05, 3.63) is 82.1 Å². The van der Waals surface area contributed by atoms with Crippen molar-refractivity contribution in [2.24, 2.45) is 0 Å². The number of nitrogens with one attached hydrogen (secondary N) is 1. The summed E-state index contributed by atoms with van der Waals surface area (Å²) in [5, 5.41) is 0.331. The van der Waals surface area contributed by atoms with E-state index in [4.69, 9.17) is 23.2 Å².